The molecule has 1 N–H and O–H groups in total. The van der Waals surface area contributed by atoms with E-state index in [1.807, 2.05) is 31.2 Å². The fraction of sp³-hybridized carbons (Fsp3) is 0.294. The second-order valence-electron chi connectivity index (χ2n) is 5.12. The minimum Gasteiger partial charge on any atom is -0.493 e. The maximum absolute atomic E-state index is 12.6. The molecule has 0 aromatic heterocycles. The summed E-state index contributed by atoms with van der Waals surface area (Å²) in [5, 5.41) is 2.60. The van der Waals surface area contributed by atoms with Gasteiger partial charge in [-0.3, -0.25) is 9.59 Å². The van der Waals surface area contributed by atoms with Gasteiger partial charge in [-0.05, 0) is 18.4 Å². The maximum Gasteiger partial charge on any atom is 0.276 e. The summed E-state index contributed by atoms with van der Waals surface area (Å²) in [7, 11) is 1.56. The van der Waals surface area contributed by atoms with Crippen LogP contribution < -0.4 is 10.2 Å². The van der Waals surface area contributed by atoms with Gasteiger partial charge in [-0.2, -0.15) is 0 Å². The van der Waals surface area contributed by atoms with Crippen molar-refractivity contribution in [3.63, 3.8) is 0 Å². The van der Waals surface area contributed by atoms with Gasteiger partial charge in [0.25, 0.3) is 11.8 Å². The number of ether oxygens (including phenoxy) is 2. The molecule has 2 aromatic rings. The topological polar surface area (TPSA) is 67.9 Å². The number of amides is 2. The molecule has 0 saturated carbocycles. The number of fused-ring (bicyclic) bond motifs is 3. The number of hydrogen-bond donors (Lipinski definition) is 1. The monoisotopic (exact) mass is 314 g/mol. The van der Waals surface area contributed by atoms with Crippen molar-refractivity contribution in [1.82, 2.24) is 10.4 Å². The lowest BCUT2D eigenvalue weighted by atomic mass is 9.99. The standard InChI is InChI=1S/C17H18N2O4/c1-3-23-14-10-13-15(12-7-5-4-6-11(12)14)17(21)19(16(13)20)18-8-9-22-2/h4-7,10,18H,3,8-9H2,1-2H3. The van der Waals surface area contributed by atoms with Gasteiger partial charge in [0.2, 0.25) is 0 Å². The maximum atomic E-state index is 12.6. The lowest BCUT2D eigenvalue weighted by Crippen LogP contribution is -2.43. The molecule has 0 aliphatic carbocycles. The van der Waals surface area contributed by atoms with Gasteiger partial charge in [0.05, 0.1) is 24.3 Å². The normalized spacial score (nSPS) is 13.7. The van der Waals surface area contributed by atoms with Crippen molar-refractivity contribution in [2.75, 3.05) is 26.9 Å². The molecular weight excluding hydrogens is 296 g/mol. The molecule has 0 radical (unpaired) electrons. The Kier molecular flexibility index (Phi) is 4.27. The third-order valence-corrected chi connectivity index (χ3v) is 3.73. The summed E-state index contributed by atoms with van der Waals surface area (Å²) in [5.74, 6) is -0.102. The highest BCUT2D eigenvalue weighted by atomic mass is 16.5. The molecule has 120 valence electrons. The van der Waals surface area contributed by atoms with E-state index in [0.717, 1.165) is 15.8 Å². The summed E-state index contributed by atoms with van der Waals surface area (Å²) in [6, 6.07) is 9.10. The first kappa shape index (κ1) is 15.5. The van der Waals surface area contributed by atoms with E-state index < -0.39 is 0 Å². The zero-order valence-corrected chi connectivity index (χ0v) is 13.1. The molecule has 1 aliphatic rings. The number of hydrogen-bond acceptors (Lipinski definition) is 5. The lowest BCUT2D eigenvalue weighted by Gasteiger charge is -2.14. The van der Waals surface area contributed by atoms with Gasteiger partial charge in [-0.15, -0.1) is 0 Å². The van der Waals surface area contributed by atoms with Gasteiger partial charge in [0.15, 0.2) is 0 Å². The van der Waals surface area contributed by atoms with Crippen LogP contribution in [0.25, 0.3) is 10.8 Å². The number of benzene rings is 2. The van der Waals surface area contributed by atoms with Gasteiger partial charge in [-0.25, -0.2) is 10.4 Å². The SMILES string of the molecule is CCOc1cc2c(c3ccccc13)C(=O)N(NCCOC)C2=O. The molecule has 23 heavy (non-hydrogen) atoms. The van der Waals surface area contributed by atoms with Crippen LogP contribution in [-0.4, -0.2) is 43.7 Å². The van der Waals surface area contributed by atoms with Gasteiger partial charge in [0.1, 0.15) is 5.75 Å². The van der Waals surface area contributed by atoms with Crippen molar-refractivity contribution < 1.29 is 19.1 Å². The molecule has 1 aliphatic heterocycles. The predicted molar refractivity (Wildman–Crippen MR) is 85.5 cm³/mol. The van der Waals surface area contributed by atoms with Crippen molar-refractivity contribution >= 4 is 22.6 Å². The van der Waals surface area contributed by atoms with E-state index in [0.29, 0.717) is 36.6 Å². The summed E-state index contributed by atoms with van der Waals surface area (Å²) in [5.41, 5.74) is 3.59. The quantitative estimate of drug-likeness (QED) is 0.652. The van der Waals surface area contributed by atoms with E-state index >= 15 is 0 Å². The van der Waals surface area contributed by atoms with Crippen LogP contribution in [0.15, 0.2) is 30.3 Å². The summed E-state index contributed by atoms with van der Waals surface area (Å²) in [4.78, 5) is 25.2. The number of methoxy groups -OCH3 is 1. The Balaban J connectivity index is 2.09. The molecule has 0 unspecified atom stereocenters. The largest absolute Gasteiger partial charge is 0.493 e. The summed E-state index contributed by atoms with van der Waals surface area (Å²) < 4.78 is 10.6. The van der Waals surface area contributed by atoms with Gasteiger partial charge >= 0.3 is 0 Å². The van der Waals surface area contributed by atoms with Crippen LogP contribution in [-0.2, 0) is 4.74 Å². The number of hydrazine groups is 1. The molecule has 0 atom stereocenters. The van der Waals surface area contributed by atoms with Crippen molar-refractivity contribution in [3.8, 4) is 5.75 Å². The Bertz CT molecular complexity index is 773. The fourth-order valence-corrected chi connectivity index (χ4v) is 2.74. The molecule has 1 heterocycles. The molecule has 0 fully saturated rings. The van der Waals surface area contributed by atoms with E-state index in [4.69, 9.17) is 9.47 Å². The third kappa shape index (κ3) is 2.56. The molecule has 3 rings (SSSR count). The Morgan fingerprint density at radius 1 is 1.13 bits per heavy atom. The highest BCUT2D eigenvalue weighted by molar-refractivity contribution is 6.26. The lowest BCUT2D eigenvalue weighted by molar-refractivity contribution is 0.0546. The molecule has 2 aromatic carbocycles. The first-order valence-electron chi connectivity index (χ1n) is 7.48. The zero-order chi connectivity index (χ0) is 16.4. The van der Waals surface area contributed by atoms with Crippen LogP contribution in [0.1, 0.15) is 27.6 Å². The number of imide groups is 1. The second kappa shape index (κ2) is 6.36. The zero-order valence-electron chi connectivity index (χ0n) is 13.1. The third-order valence-electron chi connectivity index (χ3n) is 3.73. The summed E-state index contributed by atoms with van der Waals surface area (Å²) in [6.07, 6.45) is 0. The highest BCUT2D eigenvalue weighted by Gasteiger charge is 2.38. The van der Waals surface area contributed by atoms with Crippen LogP contribution in [0.2, 0.25) is 0 Å². The summed E-state index contributed by atoms with van der Waals surface area (Å²) in [6.45, 7) is 3.14. The number of carbonyl (C=O) groups is 2. The van der Waals surface area contributed by atoms with Crippen LogP contribution in [0.5, 0.6) is 5.75 Å². The van der Waals surface area contributed by atoms with Crippen LogP contribution >= 0.6 is 0 Å². The van der Waals surface area contributed by atoms with E-state index in [1.165, 1.54) is 0 Å². The van der Waals surface area contributed by atoms with E-state index in [9.17, 15) is 9.59 Å². The van der Waals surface area contributed by atoms with Gasteiger partial charge in [0, 0.05) is 19.0 Å². The Labute approximate surface area is 133 Å². The smallest absolute Gasteiger partial charge is 0.276 e. The Hall–Kier alpha value is -2.44. The van der Waals surface area contributed by atoms with Crippen molar-refractivity contribution in [3.05, 3.63) is 41.5 Å². The van der Waals surface area contributed by atoms with Crippen LogP contribution in [0, 0.1) is 0 Å². The first-order valence-corrected chi connectivity index (χ1v) is 7.48. The van der Waals surface area contributed by atoms with Crippen molar-refractivity contribution in [2.24, 2.45) is 0 Å². The van der Waals surface area contributed by atoms with Crippen molar-refractivity contribution in [1.29, 1.82) is 0 Å². The highest BCUT2D eigenvalue weighted by Crippen LogP contribution is 2.35. The molecular formula is C17H18N2O4. The number of nitrogens with zero attached hydrogens (tertiary/aromatic N) is 1. The Morgan fingerprint density at radius 2 is 1.87 bits per heavy atom. The summed E-state index contributed by atoms with van der Waals surface area (Å²) >= 11 is 0. The van der Waals surface area contributed by atoms with Crippen molar-refractivity contribution in [2.45, 2.75) is 6.92 Å². The van der Waals surface area contributed by atoms with Crippen LogP contribution in [0.4, 0.5) is 0 Å². The predicted octanol–water partition coefficient (Wildman–Crippen LogP) is 1.99. The number of carbonyl (C=O) groups excluding carboxylic acids is 2. The average molecular weight is 314 g/mol. The minimum absolute atomic E-state index is 0.347. The molecule has 6 heteroatoms. The van der Waals surface area contributed by atoms with E-state index in [1.54, 1.807) is 13.2 Å². The molecule has 0 saturated heterocycles. The van der Waals surface area contributed by atoms with Gasteiger partial charge < -0.3 is 9.47 Å². The second-order valence-corrected chi connectivity index (χ2v) is 5.12. The average Bonchev–Trinajstić information content (AvgIpc) is 2.80. The molecule has 2 amide bonds. The fourth-order valence-electron chi connectivity index (χ4n) is 2.74. The van der Waals surface area contributed by atoms with Crippen LogP contribution in [0.3, 0.4) is 0 Å². The van der Waals surface area contributed by atoms with Gasteiger partial charge in [-0.1, -0.05) is 24.3 Å². The number of rotatable bonds is 6. The number of nitrogens with one attached hydrogen (secondary N) is 1. The first-order chi connectivity index (χ1) is 11.2. The van der Waals surface area contributed by atoms with E-state index in [2.05, 4.69) is 5.43 Å². The minimum atomic E-state index is -0.368. The molecule has 0 bridgehead atoms. The van der Waals surface area contributed by atoms with E-state index in [-0.39, 0.29) is 11.8 Å². The molecule has 0 spiro atoms. The molecule has 6 nitrogen and oxygen atoms in total. The Morgan fingerprint density at radius 3 is 2.57 bits per heavy atom.